The highest BCUT2D eigenvalue weighted by Crippen LogP contribution is 2.40. The van der Waals surface area contributed by atoms with E-state index in [1.165, 1.54) is 34.7 Å². The Morgan fingerprint density at radius 3 is 2.43 bits per heavy atom. The second kappa shape index (κ2) is 15.7. The molecule has 14 nitrogen and oxygen atoms in total. The first-order chi connectivity index (χ1) is 25.6. The summed E-state index contributed by atoms with van der Waals surface area (Å²) in [6, 6.07) is 16.6. The Hall–Kier alpha value is -5.14. The fourth-order valence-corrected chi connectivity index (χ4v) is 7.59. The van der Waals surface area contributed by atoms with Crippen molar-refractivity contribution in [2.24, 2.45) is 5.73 Å². The van der Waals surface area contributed by atoms with E-state index in [9.17, 15) is 38.3 Å². The summed E-state index contributed by atoms with van der Waals surface area (Å²) < 4.78 is 17.7. The number of rotatable bonds is 14. The van der Waals surface area contributed by atoms with Gasteiger partial charge in [-0.05, 0) is 78.6 Å². The maximum absolute atomic E-state index is 14.3. The van der Waals surface area contributed by atoms with Crippen LogP contribution < -0.4 is 21.3 Å². The molecule has 2 aliphatic heterocycles. The molecular weight excluding hydrogens is 713 g/mol. The average Bonchev–Trinajstić information content (AvgIpc) is 3.72. The molecule has 3 aromatic carbocycles. The van der Waals surface area contributed by atoms with Gasteiger partial charge in [0.1, 0.15) is 17.8 Å². The zero-order valence-electron chi connectivity index (χ0n) is 30.2. The molecule has 0 aliphatic carbocycles. The highest BCUT2D eigenvalue weighted by molar-refractivity contribution is 7.70. The van der Waals surface area contributed by atoms with Crippen molar-refractivity contribution in [1.29, 1.82) is 0 Å². The number of hydrogen-bond acceptors (Lipinski definition) is 7. The number of fused-ring (bicyclic) bond motifs is 1. The van der Waals surface area contributed by atoms with Gasteiger partial charge in [0.2, 0.25) is 17.7 Å². The molecule has 7 N–H and O–H groups in total. The number of primary amides is 1. The molecule has 0 bridgehead atoms. The SMILES string of the molecule is CC(C)c1ccc(CO[C@H](C)[C@H](CCC(N)=O)NC(=O)C2Cc3cccc4c3N2C(=O)[C@@H](NC(=O)c2cc3cc(C(=O)P(=O)(O)O)ccc3[nH]2)CC4)cc1. The van der Waals surface area contributed by atoms with Gasteiger partial charge in [0.05, 0.1) is 24.4 Å². The molecular formula is C39H44N5O9P. The van der Waals surface area contributed by atoms with Crippen LogP contribution in [0.4, 0.5) is 5.69 Å². The van der Waals surface area contributed by atoms with Crippen LogP contribution in [0.15, 0.2) is 66.7 Å². The van der Waals surface area contributed by atoms with E-state index in [2.05, 4.69) is 41.6 Å². The van der Waals surface area contributed by atoms with Crippen molar-refractivity contribution in [2.75, 3.05) is 4.90 Å². The zero-order valence-corrected chi connectivity index (χ0v) is 31.1. The summed E-state index contributed by atoms with van der Waals surface area (Å²) in [6.07, 6.45) is 0.701. The minimum Gasteiger partial charge on any atom is -0.372 e. The van der Waals surface area contributed by atoms with E-state index in [-0.39, 0.29) is 43.5 Å². The second-order valence-corrected chi connectivity index (χ2v) is 15.8. The fraction of sp³-hybridized carbons (Fsp3) is 0.359. The quantitative estimate of drug-likeness (QED) is 0.102. The van der Waals surface area contributed by atoms with Crippen LogP contribution in [-0.2, 0) is 43.1 Å². The predicted octanol–water partition coefficient (Wildman–Crippen LogP) is 3.97. The molecule has 4 amide bonds. The van der Waals surface area contributed by atoms with Crippen LogP contribution in [0.2, 0.25) is 0 Å². The average molecular weight is 758 g/mol. The number of amides is 4. The summed E-state index contributed by atoms with van der Waals surface area (Å²) in [6.45, 7) is 6.34. The number of aryl methyl sites for hydroxylation is 1. The molecule has 0 saturated carbocycles. The van der Waals surface area contributed by atoms with E-state index in [0.717, 1.165) is 16.7 Å². The molecule has 1 unspecified atom stereocenters. The molecule has 0 radical (unpaired) electrons. The van der Waals surface area contributed by atoms with Crippen LogP contribution in [0.25, 0.3) is 10.9 Å². The van der Waals surface area contributed by atoms with Crippen molar-refractivity contribution < 1.29 is 43.1 Å². The molecule has 15 heteroatoms. The Kier molecular flexibility index (Phi) is 11.2. The number of nitrogens with zero attached hydrogens (tertiary/aromatic N) is 1. The Bertz CT molecular complexity index is 2160. The standard InChI is InChI=1S/C39H44N5O9P/c1-21(2)24-9-7-23(8-10-24)20-53-22(3)29(15-16-34(40)45)42-37(47)33-19-26-6-4-5-25-11-14-31(38(48)44(33)35(25)26)43-36(46)32-18-28-17-27(12-13-30(28)41-32)39(49)54(50,51)52/h4-10,12-13,17-18,21-22,29,31,33,41H,11,14-16,19-20H2,1-3H3,(H2,40,45)(H,42,47)(H,43,46)(H2,50,51,52)/t22-,29+,31+,33?/m1/s1. The predicted molar refractivity (Wildman–Crippen MR) is 201 cm³/mol. The number of aromatic nitrogens is 1. The van der Waals surface area contributed by atoms with Gasteiger partial charge >= 0.3 is 7.60 Å². The number of H-pyrrole nitrogens is 1. The van der Waals surface area contributed by atoms with E-state index in [0.29, 0.717) is 28.9 Å². The summed E-state index contributed by atoms with van der Waals surface area (Å²) in [5, 5.41) is 6.22. The van der Waals surface area contributed by atoms with E-state index < -0.39 is 61.0 Å². The van der Waals surface area contributed by atoms with Gasteiger partial charge in [-0.15, -0.1) is 0 Å². The first-order valence-corrected chi connectivity index (χ1v) is 19.5. The lowest BCUT2D eigenvalue weighted by Gasteiger charge is -2.31. The number of benzene rings is 3. The minimum absolute atomic E-state index is 0.0164. The van der Waals surface area contributed by atoms with Gasteiger partial charge in [0.25, 0.3) is 11.4 Å². The normalized spacial score (nSPS) is 17.9. The highest BCUT2D eigenvalue weighted by atomic mass is 31.2. The molecule has 0 spiro atoms. The van der Waals surface area contributed by atoms with Crippen molar-refractivity contribution >= 4 is 53.3 Å². The topological polar surface area (TPSA) is 221 Å². The molecule has 54 heavy (non-hydrogen) atoms. The Balaban J connectivity index is 1.19. The van der Waals surface area contributed by atoms with Crippen LogP contribution in [0.1, 0.15) is 89.1 Å². The van der Waals surface area contributed by atoms with Crippen LogP contribution in [0.5, 0.6) is 0 Å². The first-order valence-electron chi connectivity index (χ1n) is 17.9. The molecule has 0 saturated heterocycles. The number of nitrogens with two attached hydrogens (primary N) is 1. The first kappa shape index (κ1) is 38.6. The maximum atomic E-state index is 14.3. The highest BCUT2D eigenvalue weighted by Gasteiger charge is 2.44. The van der Waals surface area contributed by atoms with Gasteiger partial charge in [-0.1, -0.05) is 56.3 Å². The number of carbonyl (C=O) groups is 5. The van der Waals surface area contributed by atoms with Crippen molar-refractivity contribution in [3.63, 3.8) is 0 Å². The monoisotopic (exact) mass is 757 g/mol. The molecule has 284 valence electrons. The molecule has 6 rings (SSSR count). The van der Waals surface area contributed by atoms with Crippen LogP contribution in [-0.4, -0.2) is 68.2 Å². The summed E-state index contributed by atoms with van der Waals surface area (Å²) in [7, 11) is -5.01. The van der Waals surface area contributed by atoms with Gasteiger partial charge in [0.15, 0.2) is 0 Å². The van der Waals surface area contributed by atoms with Crippen molar-refractivity contribution in [1.82, 2.24) is 15.6 Å². The number of aromatic amines is 1. The van der Waals surface area contributed by atoms with E-state index in [1.807, 2.05) is 37.3 Å². The van der Waals surface area contributed by atoms with E-state index in [4.69, 9.17) is 10.5 Å². The summed E-state index contributed by atoms with van der Waals surface area (Å²) >= 11 is 0. The van der Waals surface area contributed by atoms with Gasteiger partial charge in [-0.2, -0.15) is 0 Å². The lowest BCUT2D eigenvalue weighted by molar-refractivity contribution is -0.128. The summed E-state index contributed by atoms with van der Waals surface area (Å²) in [5.74, 6) is -1.63. The molecule has 4 atom stereocenters. The van der Waals surface area contributed by atoms with Crippen molar-refractivity contribution in [3.8, 4) is 0 Å². The lowest BCUT2D eigenvalue weighted by atomic mass is 10.0. The third-order valence-corrected chi connectivity index (χ3v) is 10.9. The van der Waals surface area contributed by atoms with E-state index >= 15 is 0 Å². The number of carbonyl (C=O) groups excluding carboxylic acids is 5. The third-order valence-electron chi connectivity index (χ3n) is 10.1. The largest absolute Gasteiger partial charge is 0.396 e. The van der Waals surface area contributed by atoms with Gasteiger partial charge in [-0.3, -0.25) is 33.4 Å². The number of para-hydroxylation sites is 1. The summed E-state index contributed by atoms with van der Waals surface area (Å²) in [4.78, 5) is 88.9. The summed E-state index contributed by atoms with van der Waals surface area (Å²) in [5.41, 5.74) is 8.96. The molecule has 2 aliphatic rings. The smallest absolute Gasteiger partial charge is 0.372 e. The van der Waals surface area contributed by atoms with Gasteiger partial charge < -0.3 is 35.9 Å². The Labute approximate surface area is 312 Å². The third kappa shape index (κ3) is 8.32. The number of hydrogen-bond donors (Lipinski definition) is 6. The molecule has 4 aromatic rings. The fourth-order valence-electron chi connectivity index (χ4n) is 7.11. The van der Waals surface area contributed by atoms with E-state index in [1.54, 1.807) is 0 Å². The molecule has 1 aromatic heterocycles. The van der Waals surface area contributed by atoms with Crippen molar-refractivity contribution in [2.45, 2.75) is 89.6 Å². The van der Waals surface area contributed by atoms with Crippen LogP contribution in [0, 0.1) is 0 Å². The van der Waals surface area contributed by atoms with Crippen LogP contribution in [0.3, 0.4) is 0 Å². The molecule has 3 heterocycles. The van der Waals surface area contributed by atoms with Crippen LogP contribution >= 0.6 is 7.60 Å². The number of nitrogens with one attached hydrogen (secondary N) is 3. The van der Waals surface area contributed by atoms with Gasteiger partial charge in [0, 0.05) is 29.3 Å². The van der Waals surface area contributed by atoms with Gasteiger partial charge in [-0.25, -0.2) is 0 Å². The number of anilines is 1. The van der Waals surface area contributed by atoms with Crippen molar-refractivity contribution in [3.05, 3.63) is 100 Å². The second-order valence-electron chi connectivity index (χ2n) is 14.3. The zero-order chi connectivity index (χ0) is 38.9. The Morgan fingerprint density at radius 1 is 1.02 bits per heavy atom. The number of ether oxygens (including phenoxy) is 1. The minimum atomic E-state index is -5.01. The maximum Gasteiger partial charge on any atom is 0.396 e. The molecule has 0 fully saturated rings. The Morgan fingerprint density at radius 2 is 1.74 bits per heavy atom. The lowest BCUT2D eigenvalue weighted by Crippen LogP contribution is -2.56.